The van der Waals surface area contributed by atoms with E-state index < -0.39 is 0 Å². The van der Waals surface area contributed by atoms with Crippen molar-refractivity contribution in [1.82, 2.24) is 14.5 Å². The van der Waals surface area contributed by atoms with Crippen LogP contribution in [0.15, 0.2) is 52.1 Å². The lowest BCUT2D eigenvalue weighted by Crippen LogP contribution is -2.24. The Bertz CT molecular complexity index is 1600. The highest BCUT2D eigenvalue weighted by molar-refractivity contribution is 7.25. The Balaban J connectivity index is 1.65. The molecule has 7 nitrogen and oxygen atoms in total. The Morgan fingerprint density at radius 3 is 2.88 bits per heavy atom. The number of oxazole rings is 1. The largest absolute Gasteiger partial charge is 0.505 e. The zero-order valence-corrected chi connectivity index (χ0v) is 19.8. The second-order valence-corrected chi connectivity index (χ2v) is 9.71. The van der Waals surface area contributed by atoms with Crippen molar-refractivity contribution in [3.8, 4) is 22.9 Å². The minimum absolute atomic E-state index is 0.0374. The average Bonchev–Trinajstić information content (AvgIpc) is 3.42. The van der Waals surface area contributed by atoms with E-state index in [1.807, 2.05) is 19.1 Å². The summed E-state index contributed by atoms with van der Waals surface area (Å²) in [5.41, 5.74) is 1.81. The van der Waals surface area contributed by atoms with Crippen molar-refractivity contribution in [2.45, 2.75) is 32.2 Å². The number of ether oxygens (including phenoxy) is 1. The fourth-order valence-corrected chi connectivity index (χ4v) is 5.67. The molecule has 0 spiro atoms. The Kier molecular flexibility index (Phi) is 5.08. The van der Waals surface area contributed by atoms with E-state index in [0.29, 0.717) is 44.4 Å². The standard InChI is InChI=1S/C25H20ClN3O4S/c1-2-32-14-5-6-16(18(9-14)13-3-4-13)23-28-24-20(17-7-8-19(26)21(30)22(17)34-24)25(31)29(23)11-15-10-27-12-33-15/h5-10,12-13,30H,2-4,11H2,1H3. The maximum atomic E-state index is 13.9. The van der Waals surface area contributed by atoms with Gasteiger partial charge in [0.15, 0.2) is 12.1 Å². The Labute approximate surface area is 203 Å². The number of phenols is 1. The van der Waals surface area contributed by atoms with E-state index in [2.05, 4.69) is 11.1 Å². The fourth-order valence-electron chi connectivity index (χ4n) is 4.34. The van der Waals surface area contributed by atoms with Crippen molar-refractivity contribution in [1.29, 1.82) is 0 Å². The molecule has 0 radical (unpaired) electrons. The maximum Gasteiger partial charge on any atom is 0.263 e. The normalized spacial score (nSPS) is 13.7. The molecule has 0 saturated heterocycles. The van der Waals surface area contributed by atoms with Gasteiger partial charge in [0.2, 0.25) is 0 Å². The number of thiophene rings is 1. The van der Waals surface area contributed by atoms with Crippen LogP contribution in [0.4, 0.5) is 0 Å². The zero-order valence-electron chi connectivity index (χ0n) is 18.2. The van der Waals surface area contributed by atoms with Gasteiger partial charge in [-0.25, -0.2) is 9.97 Å². The van der Waals surface area contributed by atoms with Crippen LogP contribution in [0, 0.1) is 0 Å². The van der Waals surface area contributed by atoms with Crippen LogP contribution in [-0.2, 0) is 6.54 Å². The first kappa shape index (κ1) is 21.2. The summed E-state index contributed by atoms with van der Waals surface area (Å²) < 4.78 is 13.4. The average molecular weight is 494 g/mol. The minimum atomic E-state index is -0.208. The number of rotatable bonds is 6. The van der Waals surface area contributed by atoms with Crippen molar-refractivity contribution in [3.05, 3.63) is 69.6 Å². The lowest BCUT2D eigenvalue weighted by molar-refractivity contribution is 0.340. The summed E-state index contributed by atoms with van der Waals surface area (Å²) in [6.07, 6.45) is 5.12. The molecule has 1 N–H and O–H groups in total. The summed E-state index contributed by atoms with van der Waals surface area (Å²) in [5.74, 6) is 2.28. The molecule has 0 amide bonds. The molecule has 1 fully saturated rings. The molecule has 172 valence electrons. The highest BCUT2D eigenvalue weighted by atomic mass is 35.5. The number of fused-ring (bicyclic) bond motifs is 3. The van der Waals surface area contributed by atoms with Crippen molar-refractivity contribution in [3.63, 3.8) is 0 Å². The van der Waals surface area contributed by atoms with Gasteiger partial charge < -0.3 is 14.3 Å². The molecule has 3 aromatic heterocycles. The van der Waals surface area contributed by atoms with Crippen LogP contribution in [0.3, 0.4) is 0 Å². The van der Waals surface area contributed by atoms with Crippen molar-refractivity contribution >= 4 is 43.2 Å². The highest BCUT2D eigenvalue weighted by Gasteiger charge is 2.29. The van der Waals surface area contributed by atoms with E-state index in [1.165, 1.54) is 17.7 Å². The molecule has 2 aromatic carbocycles. The summed E-state index contributed by atoms with van der Waals surface area (Å²) in [7, 11) is 0. The van der Waals surface area contributed by atoms with Crippen LogP contribution < -0.4 is 10.3 Å². The fraction of sp³-hybridized carbons (Fsp3) is 0.240. The van der Waals surface area contributed by atoms with Crippen molar-refractivity contribution in [2.24, 2.45) is 0 Å². The third-order valence-electron chi connectivity index (χ3n) is 6.08. The molecular formula is C25H20ClN3O4S. The SMILES string of the molecule is CCOc1ccc(-c2nc3sc4c(O)c(Cl)ccc4c3c(=O)n2Cc2cnco2)c(C2CC2)c1. The molecule has 5 aromatic rings. The van der Waals surface area contributed by atoms with Crippen LogP contribution in [0.2, 0.25) is 5.02 Å². The van der Waals surface area contributed by atoms with Gasteiger partial charge >= 0.3 is 0 Å². The summed E-state index contributed by atoms with van der Waals surface area (Å²) in [6, 6.07) is 9.30. The van der Waals surface area contributed by atoms with Gasteiger partial charge in [0, 0.05) is 10.9 Å². The second kappa shape index (κ2) is 8.14. The number of aromatic hydroxyl groups is 1. The number of aromatic nitrogens is 3. The van der Waals surface area contributed by atoms with Gasteiger partial charge in [-0.1, -0.05) is 17.7 Å². The summed E-state index contributed by atoms with van der Waals surface area (Å²) in [5, 5.41) is 11.8. The quantitative estimate of drug-likeness (QED) is 0.314. The van der Waals surface area contributed by atoms with Gasteiger partial charge in [0.05, 0.1) is 34.5 Å². The predicted octanol–water partition coefficient (Wildman–Crippen LogP) is 5.95. The molecule has 0 unspecified atom stereocenters. The molecule has 0 atom stereocenters. The smallest absolute Gasteiger partial charge is 0.263 e. The number of hydrogen-bond acceptors (Lipinski definition) is 7. The lowest BCUT2D eigenvalue weighted by Gasteiger charge is -2.16. The first-order chi connectivity index (χ1) is 16.5. The number of hydrogen-bond donors (Lipinski definition) is 1. The van der Waals surface area contributed by atoms with Gasteiger partial charge in [-0.15, -0.1) is 11.3 Å². The molecule has 6 rings (SSSR count). The molecule has 0 bridgehead atoms. The molecule has 3 heterocycles. The van der Waals surface area contributed by atoms with Gasteiger partial charge in [-0.2, -0.15) is 0 Å². The summed E-state index contributed by atoms with van der Waals surface area (Å²) in [6.45, 7) is 2.72. The Hall–Kier alpha value is -3.36. The molecular weight excluding hydrogens is 474 g/mol. The summed E-state index contributed by atoms with van der Waals surface area (Å²) in [4.78, 5) is 23.4. The van der Waals surface area contributed by atoms with E-state index in [-0.39, 0.29) is 22.9 Å². The number of benzene rings is 2. The topological polar surface area (TPSA) is 90.4 Å². The van der Waals surface area contributed by atoms with Crippen LogP contribution in [0.5, 0.6) is 11.5 Å². The van der Waals surface area contributed by atoms with E-state index in [0.717, 1.165) is 29.7 Å². The van der Waals surface area contributed by atoms with E-state index in [1.54, 1.807) is 22.9 Å². The Morgan fingerprint density at radius 2 is 2.15 bits per heavy atom. The first-order valence-corrected chi connectivity index (χ1v) is 12.2. The van der Waals surface area contributed by atoms with Crippen LogP contribution in [-0.4, -0.2) is 26.2 Å². The van der Waals surface area contributed by atoms with Crippen LogP contribution in [0.1, 0.15) is 37.0 Å². The predicted molar refractivity (Wildman–Crippen MR) is 132 cm³/mol. The van der Waals surface area contributed by atoms with Gasteiger partial charge in [-0.3, -0.25) is 9.36 Å². The van der Waals surface area contributed by atoms with Crippen molar-refractivity contribution in [2.75, 3.05) is 6.61 Å². The molecule has 1 aliphatic carbocycles. The van der Waals surface area contributed by atoms with Gasteiger partial charge in [0.25, 0.3) is 5.56 Å². The molecule has 9 heteroatoms. The Morgan fingerprint density at radius 1 is 1.29 bits per heavy atom. The second-order valence-electron chi connectivity index (χ2n) is 8.31. The number of halogens is 1. The van der Waals surface area contributed by atoms with Crippen LogP contribution in [0.25, 0.3) is 31.7 Å². The molecule has 0 aliphatic heterocycles. The highest BCUT2D eigenvalue weighted by Crippen LogP contribution is 2.46. The van der Waals surface area contributed by atoms with E-state index in [4.69, 9.17) is 25.7 Å². The third kappa shape index (κ3) is 3.45. The van der Waals surface area contributed by atoms with Crippen LogP contribution >= 0.6 is 22.9 Å². The van der Waals surface area contributed by atoms with Gasteiger partial charge in [-0.05, 0) is 55.5 Å². The lowest BCUT2D eigenvalue weighted by atomic mass is 10.0. The molecule has 34 heavy (non-hydrogen) atoms. The minimum Gasteiger partial charge on any atom is -0.505 e. The maximum absolute atomic E-state index is 13.9. The first-order valence-electron chi connectivity index (χ1n) is 11.0. The summed E-state index contributed by atoms with van der Waals surface area (Å²) >= 11 is 7.40. The van der Waals surface area contributed by atoms with Gasteiger partial charge in [0.1, 0.15) is 22.2 Å². The molecule has 1 saturated carbocycles. The number of nitrogens with zero attached hydrogens (tertiary/aromatic N) is 3. The third-order valence-corrected chi connectivity index (χ3v) is 7.49. The van der Waals surface area contributed by atoms with Crippen molar-refractivity contribution < 1.29 is 14.3 Å². The zero-order chi connectivity index (χ0) is 23.4. The molecule has 1 aliphatic rings. The van der Waals surface area contributed by atoms with E-state index in [9.17, 15) is 9.90 Å². The number of phenolic OH excluding ortho intramolecular Hbond substituents is 1. The van der Waals surface area contributed by atoms with E-state index >= 15 is 0 Å². The monoisotopic (exact) mass is 493 g/mol.